The average Bonchev–Trinajstić information content (AvgIpc) is 2.34. The highest BCUT2D eigenvalue weighted by atomic mass is 16.1. The summed E-state index contributed by atoms with van der Waals surface area (Å²) < 4.78 is 0. The first kappa shape index (κ1) is 8.77. The van der Waals surface area contributed by atoms with Crippen LogP contribution in [0.3, 0.4) is 0 Å². The normalized spacial score (nSPS) is 12.6. The number of carbonyl (C=O) groups excluding carboxylic acids is 1. The number of nitrogens with zero attached hydrogens (tertiary/aromatic N) is 1. The van der Waals surface area contributed by atoms with Gasteiger partial charge in [0, 0.05) is 13.1 Å². The van der Waals surface area contributed by atoms with Gasteiger partial charge >= 0.3 is 0 Å². The van der Waals surface area contributed by atoms with Gasteiger partial charge in [-0.3, -0.25) is 4.79 Å². The Morgan fingerprint density at radius 3 is 2.83 bits per heavy atom. The van der Waals surface area contributed by atoms with Crippen LogP contribution in [0.25, 0.3) is 0 Å². The third-order valence-electron chi connectivity index (χ3n) is 1.59. The molecule has 66 valence electrons. The molecule has 0 saturated carbocycles. The van der Waals surface area contributed by atoms with Crippen molar-refractivity contribution >= 4 is 5.91 Å². The predicted molar refractivity (Wildman–Crippen MR) is 45.6 cm³/mol. The third-order valence-corrected chi connectivity index (χ3v) is 1.59. The average molecular weight is 167 g/mol. The zero-order valence-electron chi connectivity index (χ0n) is 7.51. The van der Waals surface area contributed by atoms with Crippen molar-refractivity contribution in [3.8, 4) is 0 Å². The molecule has 0 aromatic carbocycles. The van der Waals surface area contributed by atoms with Crippen molar-refractivity contribution in [3.05, 3.63) is 17.7 Å². The fourth-order valence-corrected chi connectivity index (χ4v) is 1.04. The molecule has 1 amide bonds. The van der Waals surface area contributed by atoms with Crippen LogP contribution < -0.4 is 5.32 Å². The molecule has 1 atom stereocenters. The van der Waals surface area contributed by atoms with Crippen LogP contribution in [0.5, 0.6) is 0 Å². The Kier molecular flexibility index (Phi) is 2.47. The van der Waals surface area contributed by atoms with E-state index in [1.807, 2.05) is 13.8 Å². The molecule has 1 heterocycles. The second-order valence-electron chi connectivity index (χ2n) is 2.83. The van der Waals surface area contributed by atoms with E-state index in [4.69, 9.17) is 0 Å². The largest absolute Gasteiger partial charge is 0.348 e. The van der Waals surface area contributed by atoms with Gasteiger partial charge in [-0.2, -0.15) is 0 Å². The Morgan fingerprint density at radius 2 is 2.42 bits per heavy atom. The van der Waals surface area contributed by atoms with Crippen LogP contribution in [0.1, 0.15) is 31.4 Å². The standard InChI is InChI=1S/C8H13N3O/c1-5(10-7(3)12)8-4-9-6(2)11-8/h4-5H,1-3H3,(H,9,11)(H,10,12). The molecule has 4 nitrogen and oxygen atoms in total. The zero-order chi connectivity index (χ0) is 9.14. The van der Waals surface area contributed by atoms with E-state index in [1.165, 1.54) is 6.92 Å². The highest BCUT2D eigenvalue weighted by Gasteiger charge is 2.08. The number of nitrogens with one attached hydrogen (secondary N) is 2. The molecule has 1 aromatic heterocycles. The van der Waals surface area contributed by atoms with Crippen molar-refractivity contribution in [1.82, 2.24) is 15.3 Å². The summed E-state index contributed by atoms with van der Waals surface area (Å²) in [5, 5.41) is 2.75. The maximum Gasteiger partial charge on any atom is 0.217 e. The number of amides is 1. The predicted octanol–water partition coefficient (Wildman–Crippen LogP) is 0.915. The monoisotopic (exact) mass is 167 g/mol. The van der Waals surface area contributed by atoms with Crippen LogP contribution in [0, 0.1) is 6.92 Å². The molecule has 0 aliphatic rings. The van der Waals surface area contributed by atoms with E-state index >= 15 is 0 Å². The van der Waals surface area contributed by atoms with Gasteiger partial charge in [0.25, 0.3) is 0 Å². The lowest BCUT2D eigenvalue weighted by molar-refractivity contribution is -0.119. The SMILES string of the molecule is CC(=O)NC(C)c1c[nH]c(C)n1. The number of aryl methyl sites for hydroxylation is 1. The third kappa shape index (κ3) is 2.08. The Bertz CT molecular complexity index is 280. The van der Waals surface area contributed by atoms with Gasteiger partial charge in [0.15, 0.2) is 0 Å². The van der Waals surface area contributed by atoms with E-state index in [-0.39, 0.29) is 11.9 Å². The van der Waals surface area contributed by atoms with Crippen molar-refractivity contribution in [2.75, 3.05) is 0 Å². The molecule has 0 fully saturated rings. The van der Waals surface area contributed by atoms with Crippen LogP contribution in [0.2, 0.25) is 0 Å². The van der Waals surface area contributed by atoms with Gasteiger partial charge in [-0.1, -0.05) is 0 Å². The summed E-state index contributed by atoms with van der Waals surface area (Å²) >= 11 is 0. The molecular formula is C8H13N3O. The molecule has 0 aliphatic heterocycles. The molecule has 1 aromatic rings. The number of aromatic amines is 1. The topological polar surface area (TPSA) is 57.8 Å². The van der Waals surface area contributed by atoms with E-state index < -0.39 is 0 Å². The van der Waals surface area contributed by atoms with Gasteiger partial charge < -0.3 is 10.3 Å². The minimum Gasteiger partial charge on any atom is -0.348 e. The van der Waals surface area contributed by atoms with Crippen LogP contribution in [-0.4, -0.2) is 15.9 Å². The Hall–Kier alpha value is -1.32. The van der Waals surface area contributed by atoms with Crippen LogP contribution in [0.4, 0.5) is 0 Å². The maximum absolute atomic E-state index is 10.7. The van der Waals surface area contributed by atoms with E-state index in [0.29, 0.717) is 0 Å². The Morgan fingerprint density at radius 1 is 1.75 bits per heavy atom. The number of rotatable bonds is 2. The second kappa shape index (κ2) is 3.38. The molecule has 4 heteroatoms. The highest BCUT2D eigenvalue weighted by Crippen LogP contribution is 2.08. The van der Waals surface area contributed by atoms with Gasteiger partial charge in [-0.05, 0) is 13.8 Å². The molecule has 1 unspecified atom stereocenters. The number of carbonyl (C=O) groups is 1. The lowest BCUT2D eigenvalue weighted by Crippen LogP contribution is -2.23. The first-order valence-corrected chi connectivity index (χ1v) is 3.88. The number of H-pyrrole nitrogens is 1. The molecule has 0 radical (unpaired) electrons. The zero-order valence-corrected chi connectivity index (χ0v) is 7.51. The molecule has 0 spiro atoms. The van der Waals surface area contributed by atoms with Crippen molar-refractivity contribution in [2.24, 2.45) is 0 Å². The minimum absolute atomic E-state index is 0.0209. The lowest BCUT2D eigenvalue weighted by Gasteiger charge is -2.08. The fourth-order valence-electron chi connectivity index (χ4n) is 1.04. The molecule has 12 heavy (non-hydrogen) atoms. The molecule has 0 aliphatic carbocycles. The lowest BCUT2D eigenvalue weighted by atomic mass is 10.2. The summed E-state index contributed by atoms with van der Waals surface area (Å²) in [6, 6.07) is -0.0209. The van der Waals surface area contributed by atoms with Crippen LogP contribution in [0.15, 0.2) is 6.20 Å². The van der Waals surface area contributed by atoms with Crippen LogP contribution >= 0.6 is 0 Å². The van der Waals surface area contributed by atoms with E-state index in [0.717, 1.165) is 11.5 Å². The summed E-state index contributed by atoms with van der Waals surface area (Å²) in [5.41, 5.74) is 0.864. The molecule has 0 bridgehead atoms. The van der Waals surface area contributed by atoms with Gasteiger partial charge in [-0.15, -0.1) is 0 Å². The Balaban J connectivity index is 2.64. The summed E-state index contributed by atoms with van der Waals surface area (Å²) in [6.45, 7) is 5.27. The Labute approximate surface area is 71.4 Å². The molecule has 2 N–H and O–H groups in total. The van der Waals surface area contributed by atoms with Crippen molar-refractivity contribution in [3.63, 3.8) is 0 Å². The van der Waals surface area contributed by atoms with E-state index in [1.54, 1.807) is 6.20 Å². The van der Waals surface area contributed by atoms with Gasteiger partial charge in [0.1, 0.15) is 5.82 Å². The van der Waals surface area contributed by atoms with Crippen molar-refractivity contribution in [1.29, 1.82) is 0 Å². The summed E-state index contributed by atoms with van der Waals surface area (Å²) in [4.78, 5) is 17.8. The highest BCUT2D eigenvalue weighted by molar-refractivity contribution is 5.73. The summed E-state index contributed by atoms with van der Waals surface area (Å²) in [7, 11) is 0. The molecule has 1 rings (SSSR count). The number of imidazole rings is 1. The van der Waals surface area contributed by atoms with Crippen molar-refractivity contribution in [2.45, 2.75) is 26.8 Å². The van der Waals surface area contributed by atoms with Crippen LogP contribution in [-0.2, 0) is 4.79 Å². The van der Waals surface area contributed by atoms with Gasteiger partial charge in [-0.25, -0.2) is 4.98 Å². The number of hydrogen-bond acceptors (Lipinski definition) is 2. The fraction of sp³-hybridized carbons (Fsp3) is 0.500. The van der Waals surface area contributed by atoms with E-state index in [9.17, 15) is 4.79 Å². The van der Waals surface area contributed by atoms with Gasteiger partial charge in [0.05, 0.1) is 11.7 Å². The first-order valence-electron chi connectivity index (χ1n) is 3.88. The summed E-state index contributed by atoms with van der Waals surface area (Å²) in [5.74, 6) is 0.824. The minimum atomic E-state index is -0.0387. The second-order valence-corrected chi connectivity index (χ2v) is 2.83. The molecule has 0 saturated heterocycles. The maximum atomic E-state index is 10.7. The number of hydrogen-bond donors (Lipinski definition) is 2. The quantitative estimate of drug-likeness (QED) is 0.688. The van der Waals surface area contributed by atoms with Gasteiger partial charge in [0.2, 0.25) is 5.91 Å². The smallest absolute Gasteiger partial charge is 0.217 e. The number of aromatic nitrogens is 2. The van der Waals surface area contributed by atoms with Crippen molar-refractivity contribution < 1.29 is 4.79 Å². The first-order chi connectivity index (χ1) is 5.59. The summed E-state index contributed by atoms with van der Waals surface area (Å²) in [6.07, 6.45) is 1.80. The molecular weight excluding hydrogens is 154 g/mol. The van der Waals surface area contributed by atoms with E-state index in [2.05, 4.69) is 15.3 Å².